The van der Waals surface area contributed by atoms with E-state index < -0.39 is 11.9 Å². The van der Waals surface area contributed by atoms with Crippen LogP contribution in [0.1, 0.15) is 35.7 Å². The summed E-state index contributed by atoms with van der Waals surface area (Å²) < 4.78 is 18.8. The molecule has 0 aromatic heterocycles. The molecule has 1 atom stereocenters. The molecule has 0 saturated heterocycles. The molecule has 0 aliphatic heterocycles. The lowest BCUT2D eigenvalue weighted by Crippen LogP contribution is -2.38. The highest BCUT2D eigenvalue weighted by molar-refractivity contribution is 5.95. The minimum Gasteiger partial charge on any atom is -0.489 e. The third-order valence-corrected chi connectivity index (χ3v) is 4.52. The number of halogens is 1. The van der Waals surface area contributed by atoms with Gasteiger partial charge in [-0.1, -0.05) is 25.1 Å². The maximum atomic E-state index is 13.2. The number of benzene rings is 2. The number of nitrogens with zero attached hydrogens (tertiary/aromatic N) is 1. The minimum absolute atomic E-state index is 0.117. The van der Waals surface area contributed by atoms with Crippen molar-refractivity contribution < 1.29 is 23.8 Å². The molecule has 0 heterocycles. The van der Waals surface area contributed by atoms with Crippen molar-refractivity contribution in [3.05, 3.63) is 65.5 Å². The Labute approximate surface area is 157 Å². The molecule has 1 N–H and O–H groups in total. The van der Waals surface area contributed by atoms with E-state index in [2.05, 4.69) is 0 Å². The molecular weight excluding hydrogens is 349 g/mol. The molecule has 3 rings (SSSR count). The summed E-state index contributed by atoms with van der Waals surface area (Å²) in [6.07, 6.45) is 1.81. The zero-order chi connectivity index (χ0) is 19.4. The van der Waals surface area contributed by atoms with Gasteiger partial charge < -0.3 is 14.7 Å². The van der Waals surface area contributed by atoms with E-state index in [9.17, 15) is 14.0 Å². The summed E-state index contributed by atoms with van der Waals surface area (Å²) in [5, 5.41) is 9.15. The fourth-order valence-electron chi connectivity index (χ4n) is 2.84. The number of rotatable bonds is 8. The van der Waals surface area contributed by atoms with Gasteiger partial charge in [0.05, 0.1) is 5.92 Å². The minimum atomic E-state index is -0.911. The van der Waals surface area contributed by atoms with Crippen molar-refractivity contribution in [3.8, 4) is 5.75 Å². The second kappa shape index (κ2) is 8.20. The second-order valence-electron chi connectivity index (χ2n) is 6.87. The van der Waals surface area contributed by atoms with Gasteiger partial charge in [-0.15, -0.1) is 0 Å². The fourth-order valence-corrected chi connectivity index (χ4v) is 2.84. The van der Waals surface area contributed by atoms with Crippen LogP contribution in [-0.4, -0.2) is 34.5 Å². The van der Waals surface area contributed by atoms with Gasteiger partial charge in [-0.2, -0.15) is 0 Å². The molecule has 1 aliphatic rings. The number of carboxylic acids is 1. The lowest BCUT2D eigenvalue weighted by molar-refractivity contribution is -0.141. The number of amides is 1. The number of carboxylic acid groups (broad SMARTS) is 1. The third kappa shape index (κ3) is 5.06. The largest absolute Gasteiger partial charge is 0.489 e. The molecule has 6 heteroatoms. The normalized spacial score (nSPS) is 14.4. The van der Waals surface area contributed by atoms with Gasteiger partial charge in [0, 0.05) is 24.2 Å². The van der Waals surface area contributed by atoms with Crippen LogP contribution in [0, 0.1) is 11.7 Å². The van der Waals surface area contributed by atoms with E-state index in [1.165, 1.54) is 12.1 Å². The molecule has 2 aromatic rings. The van der Waals surface area contributed by atoms with Crippen LogP contribution in [0.15, 0.2) is 48.5 Å². The first-order valence-corrected chi connectivity index (χ1v) is 8.95. The molecule has 0 spiro atoms. The Morgan fingerprint density at radius 2 is 1.96 bits per heavy atom. The number of hydrogen-bond acceptors (Lipinski definition) is 3. The first-order chi connectivity index (χ1) is 12.9. The summed E-state index contributed by atoms with van der Waals surface area (Å²) in [6, 6.07) is 13.1. The highest BCUT2D eigenvalue weighted by atomic mass is 19.1. The summed E-state index contributed by atoms with van der Waals surface area (Å²) in [5.41, 5.74) is 1.28. The third-order valence-electron chi connectivity index (χ3n) is 4.52. The molecule has 5 nitrogen and oxygen atoms in total. The van der Waals surface area contributed by atoms with Crippen LogP contribution in [-0.2, 0) is 11.4 Å². The van der Waals surface area contributed by atoms with Gasteiger partial charge in [0.25, 0.3) is 5.91 Å². The van der Waals surface area contributed by atoms with Crippen LogP contribution in [0.2, 0.25) is 0 Å². The van der Waals surface area contributed by atoms with E-state index >= 15 is 0 Å². The number of aliphatic carboxylic acids is 1. The van der Waals surface area contributed by atoms with Gasteiger partial charge in [0.2, 0.25) is 0 Å². The van der Waals surface area contributed by atoms with Gasteiger partial charge in [-0.05, 0) is 42.7 Å². The molecule has 1 amide bonds. The summed E-state index contributed by atoms with van der Waals surface area (Å²) in [6.45, 7) is 2.01. The average molecular weight is 371 g/mol. The van der Waals surface area contributed by atoms with E-state index in [0.29, 0.717) is 11.3 Å². The van der Waals surface area contributed by atoms with Gasteiger partial charge >= 0.3 is 5.97 Å². The van der Waals surface area contributed by atoms with E-state index in [1.807, 2.05) is 6.07 Å². The second-order valence-corrected chi connectivity index (χ2v) is 6.87. The molecule has 27 heavy (non-hydrogen) atoms. The molecule has 0 radical (unpaired) electrons. The standard InChI is InChI=1S/C21H22FNO4/c1-14(21(25)26)12-23(18-8-9-18)20(24)16-5-2-4-15(10-16)13-27-19-7-3-6-17(22)11-19/h2-7,10-11,14,18H,8-9,12-13H2,1H3,(H,25,26). The van der Waals surface area contributed by atoms with Crippen LogP contribution >= 0.6 is 0 Å². The highest BCUT2D eigenvalue weighted by Gasteiger charge is 2.34. The topological polar surface area (TPSA) is 66.8 Å². The lowest BCUT2D eigenvalue weighted by atomic mass is 10.1. The monoisotopic (exact) mass is 371 g/mol. The van der Waals surface area contributed by atoms with Crippen molar-refractivity contribution in [2.45, 2.75) is 32.4 Å². The van der Waals surface area contributed by atoms with Crippen molar-refractivity contribution in [1.29, 1.82) is 0 Å². The Kier molecular flexibility index (Phi) is 5.74. The number of carbonyl (C=O) groups is 2. The summed E-state index contributed by atoms with van der Waals surface area (Å²) >= 11 is 0. The van der Waals surface area contributed by atoms with E-state index in [4.69, 9.17) is 9.84 Å². The van der Waals surface area contributed by atoms with Crippen LogP contribution in [0.25, 0.3) is 0 Å². The quantitative estimate of drug-likeness (QED) is 0.768. The maximum Gasteiger partial charge on any atom is 0.308 e. The Morgan fingerprint density at radius 3 is 2.63 bits per heavy atom. The van der Waals surface area contributed by atoms with E-state index in [-0.39, 0.29) is 30.9 Å². The smallest absolute Gasteiger partial charge is 0.308 e. The molecule has 1 unspecified atom stereocenters. The summed E-state index contributed by atoms with van der Waals surface area (Å²) in [5.74, 6) is -1.65. The number of carbonyl (C=O) groups excluding carboxylic acids is 1. The Balaban J connectivity index is 1.69. The van der Waals surface area contributed by atoms with Gasteiger partial charge in [0.15, 0.2) is 0 Å². The maximum absolute atomic E-state index is 13.2. The number of ether oxygens (including phenoxy) is 1. The van der Waals surface area contributed by atoms with Crippen LogP contribution in [0.4, 0.5) is 4.39 Å². The number of hydrogen-bond donors (Lipinski definition) is 1. The average Bonchev–Trinajstić information content (AvgIpc) is 3.49. The van der Waals surface area contributed by atoms with Crippen molar-refractivity contribution in [1.82, 2.24) is 4.90 Å². The Bertz CT molecular complexity index is 834. The molecule has 2 aromatic carbocycles. The molecule has 1 aliphatic carbocycles. The van der Waals surface area contributed by atoms with Crippen molar-refractivity contribution in [3.63, 3.8) is 0 Å². The van der Waals surface area contributed by atoms with E-state index in [0.717, 1.165) is 18.4 Å². The molecule has 1 fully saturated rings. The van der Waals surface area contributed by atoms with Crippen molar-refractivity contribution >= 4 is 11.9 Å². The Hall–Kier alpha value is -2.89. The molecule has 142 valence electrons. The Morgan fingerprint density at radius 1 is 1.22 bits per heavy atom. The van der Waals surface area contributed by atoms with Gasteiger partial charge in [0.1, 0.15) is 18.2 Å². The first kappa shape index (κ1) is 18.9. The van der Waals surface area contributed by atoms with Crippen LogP contribution < -0.4 is 4.74 Å². The predicted octanol–water partition coefficient (Wildman–Crippen LogP) is 3.73. The highest BCUT2D eigenvalue weighted by Crippen LogP contribution is 2.29. The fraction of sp³-hybridized carbons (Fsp3) is 0.333. The van der Waals surface area contributed by atoms with Crippen molar-refractivity contribution in [2.24, 2.45) is 5.92 Å². The molecule has 1 saturated carbocycles. The lowest BCUT2D eigenvalue weighted by Gasteiger charge is -2.24. The predicted molar refractivity (Wildman–Crippen MR) is 98.0 cm³/mol. The van der Waals surface area contributed by atoms with Gasteiger partial charge in [-0.3, -0.25) is 9.59 Å². The molecule has 0 bridgehead atoms. The summed E-state index contributed by atoms with van der Waals surface area (Å²) in [4.78, 5) is 25.7. The zero-order valence-corrected chi connectivity index (χ0v) is 15.1. The van der Waals surface area contributed by atoms with Crippen molar-refractivity contribution in [2.75, 3.05) is 6.54 Å². The SMILES string of the molecule is CC(CN(C(=O)c1cccc(COc2cccc(F)c2)c1)C1CC1)C(=O)O. The first-order valence-electron chi connectivity index (χ1n) is 8.95. The molecular formula is C21H22FNO4. The van der Waals surface area contributed by atoms with Crippen LogP contribution in [0.3, 0.4) is 0 Å². The van der Waals surface area contributed by atoms with Crippen LogP contribution in [0.5, 0.6) is 5.75 Å². The van der Waals surface area contributed by atoms with Gasteiger partial charge in [-0.25, -0.2) is 4.39 Å². The van der Waals surface area contributed by atoms with E-state index in [1.54, 1.807) is 42.2 Å². The summed E-state index contributed by atoms with van der Waals surface area (Å²) in [7, 11) is 0. The zero-order valence-electron chi connectivity index (χ0n) is 15.1.